The molecule has 0 saturated heterocycles. The number of pyridine rings is 1. The molecule has 0 spiro atoms. The second kappa shape index (κ2) is 8.07. The van der Waals surface area contributed by atoms with E-state index in [2.05, 4.69) is 10.3 Å². The second-order valence-corrected chi connectivity index (χ2v) is 3.63. The van der Waals surface area contributed by atoms with Crippen molar-refractivity contribution >= 4 is 0 Å². The van der Waals surface area contributed by atoms with Crippen LogP contribution in [0.15, 0.2) is 18.3 Å². The lowest BCUT2D eigenvalue weighted by atomic mass is 10.2. The summed E-state index contributed by atoms with van der Waals surface area (Å²) in [6, 6.07) is 3.91. The number of unbranched alkanes of at least 4 members (excludes halogenated alkanes) is 2. The number of aliphatic hydroxyl groups is 1. The summed E-state index contributed by atoms with van der Waals surface area (Å²) in [5.41, 5.74) is 1.08. The summed E-state index contributed by atoms with van der Waals surface area (Å²) in [7, 11) is 1.63. The largest absolute Gasteiger partial charge is 0.481 e. The molecule has 4 nitrogen and oxygen atoms in total. The van der Waals surface area contributed by atoms with Crippen LogP contribution < -0.4 is 10.1 Å². The Morgan fingerprint density at radius 2 is 2.25 bits per heavy atom. The quantitative estimate of drug-likeness (QED) is 0.654. The Hall–Kier alpha value is -1.13. The molecule has 90 valence electrons. The van der Waals surface area contributed by atoms with Crippen molar-refractivity contribution in [1.29, 1.82) is 0 Å². The normalized spacial score (nSPS) is 10.4. The number of methoxy groups -OCH3 is 1. The number of nitrogens with zero attached hydrogens (tertiary/aromatic N) is 1. The first-order valence-electron chi connectivity index (χ1n) is 5.68. The van der Waals surface area contributed by atoms with Crippen LogP contribution in [0, 0.1) is 0 Å². The molecule has 1 rings (SSSR count). The van der Waals surface area contributed by atoms with Gasteiger partial charge in [-0.25, -0.2) is 4.98 Å². The first kappa shape index (κ1) is 12.9. The van der Waals surface area contributed by atoms with E-state index in [1.807, 2.05) is 12.1 Å². The first-order chi connectivity index (χ1) is 7.88. The van der Waals surface area contributed by atoms with E-state index in [1.165, 1.54) is 0 Å². The molecule has 16 heavy (non-hydrogen) atoms. The molecule has 0 unspecified atom stereocenters. The van der Waals surface area contributed by atoms with Gasteiger partial charge in [-0.1, -0.05) is 6.07 Å². The fourth-order valence-electron chi connectivity index (χ4n) is 1.50. The van der Waals surface area contributed by atoms with Gasteiger partial charge in [0.15, 0.2) is 0 Å². The van der Waals surface area contributed by atoms with Gasteiger partial charge in [-0.3, -0.25) is 0 Å². The summed E-state index contributed by atoms with van der Waals surface area (Å²) in [4.78, 5) is 4.13. The van der Waals surface area contributed by atoms with E-state index in [-0.39, 0.29) is 6.61 Å². The molecule has 0 amide bonds. The van der Waals surface area contributed by atoms with Crippen molar-refractivity contribution < 1.29 is 9.84 Å². The van der Waals surface area contributed by atoms with E-state index in [0.29, 0.717) is 5.88 Å². The molecule has 1 aromatic heterocycles. The average Bonchev–Trinajstić information content (AvgIpc) is 2.34. The third kappa shape index (κ3) is 4.59. The molecule has 4 heteroatoms. The number of nitrogens with one attached hydrogen (secondary N) is 1. The Morgan fingerprint density at radius 3 is 3.00 bits per heavy atom. The maximum Gasteiger partial charge on any atom is 0.217 e. The number of aromatic nitrogens is 1. The minimum absolute atomic E-state index is 0.288. The highest BCUT2D eigenvalue weighted by molar-refractivity contribution is 5.24. The maximum absolute atomic E-state index is 8.62. The van der Waals surface area contributed by atoms with E-state index in [9.17, 15) is 0 Å². The second-order valence-electron chi connectivity index (χ2n) is 3.63. The van der Waals surface area contributed by atoms with Crippen LogP contribution in [0.4, 0.5) is 0 Å². The lowest BCUT2D eigenvalue weighted by molar-refractivity contribution is 0.283. The Morgan fingerprint density at radius 1 is 1.38 bits per heavy atom. The van der Waals surface area contributed by atoms with Crippen LogP contribution in [0.2, 0.25) is 0 Å². The molecule has 0 aliphatic carbocycles. The summed E-state index contributed by atoms with van der Waals surface area (Å²) in [6.07, 6.45) is 4.76. The number of hydrogen-bond acceptors (Lipinski definition) is 4. The zero-order chi connectivity index (χ0) is 11.6. The zero-order valence-corrected chi connectivity index (χ0v) is 9.78. The van der Waals surface area contributed by atoms with Crippen molar-refractivity contribution in [3.8, 4) is 5.88 Å². The lowest BCUT2D eigenvalue weighted by Gasteiger charge is -2.07. The smallest absolute Gasteiger partial charge is 0.217 e. The van der Waals surface area contributed by atoms with Gasteiger partial charge < -0.3 is 15.2 Å². The van der Waals surface area contributed by atoms with Gasteiger partial charge >= 0.3 is 0 Å². The monoisotopic (exact) mass is 224 g/mol. The van der Waals surface area contributed by atoms with Gasteiger partial charge in [-0.15, -0.1) is 0 Å². The fraction of sp³-hybridized carbons (Fsp3) is 0.583. The molecule has 1 aromatic rings. The van der Waals surface area contributed by atoms with Crippen LogP contribution in [-0.2, 0) is 6.54 Å². The van der Waals surface area contributed by atoms with Crippen LogP contribution in [0.5, 0.6) is 5.88 Å². The van der Waals surface area contributed by atoms with Crippen molar-refractivity contribution in [2.75, 3.05) is 20.3 Å². The van der Waals surface area contributed by atoms with Crippen molar-refractivity contribution in [1.82, 2.24) is 10.3 Å². The topological polar surface area (TPSA) is 54.4 Å². The Balaban J connectivity index is 2.21. The predicted molar refractivity (Wildman–Crippen MR) is 63.4 cm³/mol. The molecule has 1 heterocycles. The van der Waals surface area contributed by atoms with Gasteiger partial charge in [0.05, 0.1) is 7.11 Å². The molecule has 0 aliphatic rings. The van der Waals surface area contributed by atoms with Gasteiger partial charge in [0.2, 0.25) is 5.88 Å². The minimum atomic E-state index is 0.288. The van der Waals surface area contributed by atoms with Gasteiger partial charge in [0.1, 0.15) is 0 Å². The van der Waals surface area contributed by atoms with E-state index in [0.717, 1.165) is 37.9 Å². The van der Waals surface area contributed by atoms with Gasteiger partial charge in [0.25, 0.3) is 0 Å². The highest BCUT2D eigenvalue weighted by Crippen LogP contribution is 2.12. The summed E-state index contributed by atoms with van der Waals surface area (Å²) in [6.45, 7) is 2.02. The Kier molecular flexibility index (Phi) is 6.53. The predicted octanol–water partition coefficient (Wildman–Crippen LogP) is 1.34. The van der Waals surface area contributed by atoms with Crippen molar-refractivity contribution in [3.05, 3.63) is 23.9 Å². The van der Waals surface area contributed by atoms with E-state index < -0.39 is 0 Å². The van der Waals surface area contributed by atoms with E-state index in [4.69, 9.17) is 9.84 Å². The Labute approximate surface area is 96.7 Å². The van der Waals surface area contributed by atoms with Crippen molar-refractivity contribution in [2.45, 2.75) is 25.8 Å². The van der Waals surface area contributed by atoms with E-state index in [1.54, 1.807) is 13.3 Å². The molecular weight excluding hydrogens is 204 g/mol. The molecule has 0 saturated carbocycles. The third-order valence-corrected chi connectivity index (χ3v) is 2.37. The Bertz CT molecular complexity index is 292. The molecule has 0 bridgehead atoms. The van der Waals surface area contributed by atoms with Crippen molar-refractivity contribution in [2.24, 2.45) is 0 Å². The van der Waals surface area contributed by atoms with E-state index >= 15 is 0 Å². The standard InChI is InChI=1S/C12H20N2O2/c1-16-12-11(6-5-8-14-12)10-13-7-3-2-4-9-15/h5-6,8,13,15H,2-4,7,9-10H2,1H3. The summed E-state index contributed by atoms with van der Waals surface area (Å²) < 4.78 is 5.16. The highest BCUT2D eigenvalue weighted by Gasteiger charge is 2.01. The minimum Gasteiger partial charge on any atom is -0.481 e. The third-order valence-electron chi connectivity index (χ3n) is 2.37. The fourth-order valence-corrected chi connectivity index (χ4v) is 1.50. The van der Waals surface area contributed by atoms with Gasteiger partial charge in [0, 0.05) is 24.9 Å². The molecule has 0 aromatic carbocycles. The molecule has 0 atom stereocenters. The zero-order valence-electron chi connectivity index (χ0n) is 9.78. The summed E-state index contributed by atoms with van der Waals surface area (Å²) in [5, 5.41) is 12.0. The maximum atomic E-state index is 8.62. The molecule has 0 fully saturated rings. The highest BCUT2D eigenvalue weighted by atomic mass is 16.5. The number of rotatable bonds is 8. The molecule has 0 radical (unpaired) electrons. The lowest BCUT2D eigenvalue weighted by Crippen LogP contribution is -2.15. The van der Waals surface area contributed by atoms with Gasteiger partial charge in [-0.2, -0.15) is 0 Å². The molecule has 2 N–H and O–H groups in total. The van der Waals surface area contributed by atoms with Crippen LogP contribution in [0.25, 0.3) is 0 Å². The summed E-state index contributed by atoms with van der Waals surface area (Å²) >= 11 is 0. The number of hydrogen-bond donors (Lipinski definition) is 2. The van der Waals surface area contributed by atoms with Crippen LogP contribution >= 0.6 is 0 Å². The van der Waals surface area contributed by atoms with Crippen LogP contribution in [0.3, 0.4) is 0 Å². The van der Waals surface area contributed by atoms with Gasteiger partial charge in [-0.05, 0) is 31.9 Å². The van der Waals surface area contributed by atoms with Crippen LogP contribution in [0.1, 0.15) is 24.8 Å². The number of ether oxygens (including phenoxy) is 1. The van der Waals surface area contributed by atoms with Crippen molar-refractivity contribution in [3.63, 3.8) is 0 Å². The average molecular weight is 224 g/mol. The molecule has 0 aliphatic heterocycles. The van der Waals surface area contributed by atoms with Crippen LogP contribution in [-0.4, -0.2) is 30.4 Å². The SMILES string of the molecule is COc1ncccc1CNCCCCCO. The summed E-state index contributed by atoms with van der Waals surface area (Å²) in [5.74, 6) is 0.686. The first-order valence-corrected chi connectivity index (χ1v) is 5.68. The molecular formula is C12H20N2O2. The number of aliphatic hydroxyl groups excluding tert-OH is 1.